The highest BCUT2D eigenvalue weighted by molar-refractivity contribution is 5.19. The van der Waals surface area contributed by atoms with Crippen molar-refractivity contribution in [3.05, 3.63) is 35.4 Å². The summed E-state index contributed by atoms with van der Waals surface area (Å²) in [4.78, 5) is 0. The Bertz CT molecular complexity index is 347. The van der Waals surface area contributed by atoms with E-state index < -0.39 is 35.9 Å². The molecule has 1 aromatic carbocycles. The molecule has 1 atom stereocenters. The summed E-state index contributed by atoms with van der Waals surface area (Å²) in [6.07, 6.45) is -8.51. The highest BCUT2D eigenvalue weighted by Gasteiger charge is 2.38. The fourth-order valence-corrected chi connectivity index (χ4v) is 1.02. The van der Waals surface area contributed by atoms with Crippen LogP contribution in [0.3, 0.4) is 0 Å². The molecule has 15 heavy (non-hydrogen) atoms. The molecule has 1 N–H and O–H groups in total. The fraction of sp³-hybridized carbons (Fsp3) is 0.333. The average Bonchev–Trinajstić information content (AvgIpc) is 2.09. The molecule has 1 aromatic rings. The van der Waals surface area contributed by atoms with Crippen LogP contribution in [0.4, 0.5) is 22.0 Å². The first-order chi connectivity index (χ1) is 6.80. The minimum atomic E-state index is -4.83. The van der Waals surface area contributed by atoms with Crippen LogP contribution >= 0.6 is 0 Å². The third-order valence-corrected chi connectivity index (χ3v) is 1.80. The molecule has 0 fully saturated rings. The summed E-state index contributed by atoms with van der Waals surface area (Å²) in [6.45, 7) is 0. The summed E-state index contributed by atoms with van der Waals surface area (Å²) in [5.41, 5.74) is -0.500. The molecule has 0 spiro atoms. The molecule has 0 radical (unpaired) electrons. The molecule has 0 aliphatic carbocycles. The number of hydrogen-bond donors (Lipinski definition) is 1. The predicted octanol–water partition coefficient (Wildman–Crippen LogP) is 2.43. The fourth-order valence-electron chi connectivity index (χ4n) is 1.02. The van der Waals surface area contributed by atoms with Crippen molar-refractivity contribution in [2.24, 2.45) is 0 Å². The van der Waals surface area contributed by atoms with E-state index in [4.69, 9.17) is 5.11 Å². The van der Waals surface area contributed by atoms with Crippen molar-refractivity contribution in [3.8, 4) is 0 Å². The third-order valence-electron chi connectivity index (χ3n) is 1.80. The lowest BCUT2D eigenvalue weighted by Gasteiger charge is -2.14. The molecule has 0 bridgehead atoms. The van der Waals surface area contributed by atoms with E-state index in [9.17, 15) is 22.0 Å². The van der Waals surface area contributed by atoms with Gasteiger partial charge in [-0.05, 0) is 23.8 Å². The first-order valence-corrected chi connectivity index (χ1v) is 3.99. The van der Waals surface area contributed by atoms with E-state index in [0.717, 1.165) is 6.07 Å². The minimum absolute atomic E-state index is 0.500. The Kier molecular flexibility index (Phi) is 3.28. The summed E-state index contributed by atoms with van der Waals surface area (Å²) in [7, 11) is 0. The standard InChI is InChI=1S/C9H7F5O/c10-6-1-2-7(11)5(3-6)4-8(15)9(12,13)14/h1-3,8,15H,4H2. The van der Waals surface area contributed by atoms with Gasteiger partial charge in [-0.1, -0.05) is 0 Å². The molecule has 0 saturated heterocycles. The van der Waals surface area contributed by atoms with Gasteiger partial charge in [0.05, 0.1) is 0 Å². The summed E-state index contributed by atoms with van der Waals surface area (Å²) < 4.78 is 61.1. The maximum atomic E-state index is 12.9. The van der Waals surface area contributed by atoms with Crippen LogP contribution in [0.25, 0.3) is 0 Å². The number of halogens is 5. The minimum Gasteiger partial charge on any atom is -0.383 e. The maximum absolute atomic E-state index is 12.9. The van der Waals surface area contributed by atoms with E-state index in [0.29, 0.717) is 12.1 Å². The average molecular weight is 226 g/mol. The van der Waals surface area contributed by atoms with Gasteiger partial charge in [0, 0.05) is 6.42 Å². The number of hydrogen-bond acceptors (Lipinski definition) is 1. The van der Waals surface area contributed by atoms with E-state index in [1.54, 1.807) is 0 Å². The van der Waals surface area contributed by atoms with Gasteiger partial charge in [0.1, 0.15) is 11.6 Å². The van der Waals surface area contributed by atoms with Gasteiger partial charge in [0.25, 0.3) is 0 Å². The molecule has 0 saturated carbocycles. The highest BCUT2D eigenvalue weighted by Crippen LogP contribution is 2.24. The van der Waals surface area contributed by atoms with Crippen molar-refractivity contribution in [1.82, 2.24) is 0 Å². The van der Waals surface area contributed by atoms with Crippen LogP contribution < -0.4 is 0 Å². The van der Waals surface area contributed by atoms with E-state index in [1.807, 2.05) is 0 Å². The van der Waals surface area contributed by atoms with Gasteiger partial charge in [-0.2, -0.15) is 13.2 Å². The van der Waals surface area contributed by atoms with Crippen molar-refractivity contribution >= 4 is 0 Å². The first-order valence-electron chi connectivity index (χ1n) is 3.99. The summed E-state index contributed by atoms with van der Waals surface area (Å²) in [5.74, 6) is -1.82. The van der Waals surface area contributed by atoms with Gasteiger partial charge in [-0.15, -0.1) is 0 Å². The van der Waals surface area contributed by atoms with Gasteiger partial charge >= 0.3 is 6.18 Å². The van der Waals surface area contributed by atoms with Crippen molar-refractivity contribution in [3.63, 3.8) is 0 Å². The van der Waals surface area contributed by atoms with E-state index >= 15 is 0 Å². The van der Waals surface area contributed by atoms with Gasteiger partial charge < -0.3 is 5.11 Å². The van der Waals surface area contributed by atoms with Crippen LogP contribution in [0, 0.1) is 11.6 Å². The van der Waals surface area contributed by atoms with Crippen molar-refractivity contribution in [1.29, 1.82) is 0 Å². The lowest BCUT2D eigenvalue weighted by molar-refractivity contribution is -0.203. The second kappa shape index (κ2) is 4.14. The lowest BCUT2D eigenvalue weighted by atomic mass is 10.1. The molecule has 0 amide bonds. The molecule has 84 valence electrons. The monoisotopic (exact) mass is 226 g/mol. The molecule has 1 rings (SSSR count). The zero-order chi connectivity index (χ0) is 11.6. The summed E-state index contributed by atoms with van der Waals surface area (Å²) >= 11 is 0. The Morgan fingerprint density at radius 2 is 1.80 bits per heavy atom. The Morgan fingerprint density at radius 1 is 1.20 bits per heavy atom. The number of aliphatic hydroxyl groups excluding tert-OH is 1. The first kappa shape index (κ1) is 11.9. The zero-order valence-corrected chi connectivity index (χ0v) is 7.35. The smallest absolute Gasteiger partial charge is 0.383 e. The third kappa shape index (κ3) is 3.16. The molecule has 0 heterocycles. The van der Waals surface area contributed by atoms with Gasteiger partial charge in [-0.3, -0.25) is 0 Å². The van der Waals surface area contributed by atoms with E-state index in [-0.39, 0.29) is 0 Å². The second-order valence-corrected chi connectivity index (χ2v) is 3.00. The van der Waals surface area contributed by atoms with Gasteiger partial charge in [-0.25, -0.2) is 8.78 Å². The Labute approximate surface area is 82.1 Å². The molecule has 0 aliphatic heterocycles. The van der Waals surface area contributed by atoms with Crippen LogP contribution in [0.5, 0.6) is 0 Å². The number of benzene rings is 1. The molecule has 0 aromatic heterocycles. The van der Waals surface area contributed by atoms with Gasteiger partial charge in [0.15, 0.2) is 6.10 Å². The Balaban J connectivity index is 2.85. The van der Waals surface area contributed by atoms with Crippen molar-refractivity contribution in [2.45, 2.75) is 18.7 Å². The number of rotatable bonds is 2. The van der Waals surface area contributed by atoms with E-state index in [2.05, 4.69) is 0 Å². The van der Waals surface area contributed by atoms with Crippen molar-refractivity contribution < 1.29 is 27.1 Å². The van der Waals surface area contributed by atoms with Crippen LogP contribution in [-0.4, -0.2) is 17.4 Å². The summed E-state index contributed by atoms with van der Waals surface area (Å²) in [5, 5.41) is 8.64. The number of aliphatic hydroxyl groups is 1. The molecule has 1 nitrogen and oxygen atoms in total. The molecular formula is C9H7F5O. The highest BCUT2D eigenvalue weighted by atomic mass is 19.4. The number of alkyl halides is 3. The zero-order valence-electron chi connectivity index (χ0n) is 7.35. The normalized spacial score (nSPS) is 14.0. The van der Waals surface area contributed by atoms with E-state index in [1.165, 1.54) is 0 Å². The summed E-state index contributed by atoms with van der Waals surface area (Å²) in [6, 6.07) is 2.14. The quantitative estimate of drug-likeness (QED) is 0.768. The van der Waals surface area contributed by atoms with Crippen LogP contribution in [-0.2, 0) is 6.42 Å². The molecule has 1 unspecified atom stereocenters. The second-order valence-electron chi connectivity index (χ2n) is 3.00. The topological polar surface area (TPSA) is 20.2 Å². The SMILES string of the molecule is OC(Cc1cc(F)ccc1F)C(F)(F)F. The molecule has 6 heteroatoms. The molecule has 0 aliphatic rings. The maximum Gasteiger partial charge on any atom is 0.414 e. The predicted molar refractivity (Wildman–Crippen MR) is 42.1 cm³/mol. The van der Waals surface area contributed by atoms with Crippen LogP contribution in [0.15, 0.2) is 18.2 Å². The van der Waals surface area contributed by atoms with Crippen LogP contribution in [0.1, 0.15) is 5.56 Å². The molecular weight excluding hydrogens is 219 g/mol. The van der Waals surface area contributed by atoms with Crippen molar-refractivity contribution in [2.75, 3.05) is 0 Å². The van der Waals surface area contributed by atoms with Crippen LogP contribution in [0.2, 0.25) is 0 Å². The van der Waals surface area contributed by atoms with Gasteiger partial charge in [0.2, 0.25) is 0 Å². The Hall–Kier alpha value is -1.17. The lowest BCUT2D eigenvalue weighted by Crippen LogP contribution is -2.30. The Morgan fingerprint density at radius 3 is 2.33 bits per heavy atom. The largest absolute Gasteiger partial charge is 0.414 e.